The van der Waals surface area contributed by atoms with E-state index in [1.165, 1.54) is 29.0 Å². The summed E-state index contributed by atoms with van der Waals surface area (Å²) in [6.07, 6.45) is 2.03. The Balaban J connectivity index is 2.01. The number of thiophene rings is 1. The Labute approximate surface area is 132 Å². The maximum atomic E-state index is 12.1. The van der Waals surface area contributed by atoms with Crippen molar-refractivity contribution in [3.05, 3.63) is 76.0 Å². The summed E-state index contributed by atoms with van der Waals surface area (Å²) in [4.78, 5) is 12.1. The normalized spacial score (nSPS) is 16.4. The number of fused-ring (bicyclic) bond motifs is 3. The highest BCUT2D eigenvalue weighted by molar-refractivity contribution is 7.08. The smallest absolute Gasteiger partial charge is 0.338 e. The van der Waals surface area contributed by atoms with E-state index < -0.39 is 0 Å². The SMILES string of the molecule is COC(=O)C1=CC(c2ccsc2)c2c1ccc1ccccc21. The summed E-state index contributed by atoms with van der Waals surface area (Å²) in [7, 11) is 1.43. The first-order chi connectivity index (χ1) is 10.8. The molecule has 2 nitrogen and oxygen atoms in total. The van der Waals surface area contributed by atoms with Crippen molar-refractivity contribution in [3.8, 4) is 0 Å². The fourth-order valence-corrected chi connectivity index (χ4v) is 3.90. The van der Waals surface area contributed by atoms with E-state index in [0.29, 0.717) is 5.57 Å². The molecule has 0 saturated carbocycles. The lowest BCUT2D eigenvalue weighted by Gasteiger charge is -2.13. The van der Waals surface area contributed by atoms with Crippen LogP contribution in [0.5, 0.6) is 0 Å². The Bertz CT molecular complexity index is 891. The molecular formula is C19H14O2S. The number of carbonyl (C=O) groups is 1. The van der Waals surface area contributed by atoms with E-state index in [1.807, 2.05) is 24.3 Å². The molecule has 1 atom stereocenters. The zero-order valence-electron chi connectivity index (χ0n) is 12.1. The van der Waals surface area contributed by atoms with E-state index in [9.17, 15) is 4.79 Å². The molecule has 0 fully saturated rings. The van der Waals surface area contributed by atoms with E-state index >= 15 is 0 Å². The van der Waals surface area contributed by atoms with Gasteiger partial charge in [-0.25, -0.2) is 4.79 Å². The van der Waals surface area contributed by atoms with Gasteiger partial charge in [-0.15, -0.1) is 0 Å². The average Bonchev–Trinajstić information content (AvgIpc) is 3.21. The van der Waals surface area contributed by atoms with Crippen LogP contribution in [-0.4, -0.2) is 13.1 Å². The predicted octanol–water partition coefficient (Wildman–Crippen LogP) is 4.60. The molecule has 1 aliphatic rings. The molecule has 0 spiro atoms. The molecule has 1 unspecified atom stereocenters. The molecule has 0 aliphatic heterocycles. The van der Waals surface area contributed by atoms with Gasteiger partial charge in [0, 0.05) is 5.92 Å². The van der Waals surface area contributed by atoms with Gasteiger partial charge in [0.05, 0.1) is 12.7 Å². The van der Waals surface area contributed by atoms with Gasteiger partial charge in [0.2, 0.25) is 0 Å². The molecule has 0 radical (unpaired) electrons. The number of carbonyl (C=O) groups excluding carboxylic acids is 1. The number of hydrogen-bond donors (Lipinski definition) is 0. The molecule has 0 N–H and O–H groups in total. The van der Waals surface area contributed by atoms with Gasteiger partial charge in [-0.2, -0.15) is 11.3 Å². The number of methoxy groups -OCH3 is 1. The Morgan fingerprint density at radius 2 is 2.00 bits per heavy atom. The molecule has 1 aromatic heterocycles. The van der Waals surface area contributed by atoms with Crippen molar-refractivity contribution in [1.29, 1.82) is 0 Å². The van der Waals surface area contributed by atoms with Gasteiger partial charge in [0.25, 0.3) is 0 Å². The summed E-state index contributed by atoms with van der Waals surface area (Å²) in [6.45, 7) is 0. The summed E-state index contributed by atoms with van der Waals surface area (Å²) in [5, 5.41) is 6.61. The van der Waals surface area contributed by atoms with Gasteiger partial charge >= 0.3 is 5.97 Å². The van der Waals surface area contributed by atoms with Crippen molar-refractivity contribution in [2.45, 2.75) is 5.92 Å². The van der Waals surface area contributed by atoms with Crippen LogP contribution >= 0.6 is 11.3 Å². The van der Waals surface area contributed by atoms with Crippen molar-refractivity contribution < 1.29 is 9.53 Å². The van der Waals surface area contributed by atoms with Gasteiger partial charge in [-0.3, -0.25) is 0 Å². The first-order valence-corrected chi connectivity index (χ1v) is 8.08. The highest BCUT2D eigenvalue weighted by Crippen LogP contribution is 2.44. The second kappa shape index (κ2) is 5.11. The lowest BCUT2D eigenvalue weighted by atomic mass is 9.90. The third-order valence-corrected chi connectivity index (χ3v) is 4.91. The minimum absolute atomic E-state index is 0.112. The Morgan fingerprint density at radius 1 is 1.14 bits per heavy atom. The zero-order chi connectivity index (χ0) is 15.1. The summed E-state index contributed by atoms with van der Waals surface area (Å²) in [6, 6.07) is 14.5. The number of hydrogen-bond acceptors (Lipinski definition) is 3. The Morgan fingerprint density at radius 3 is 2.77 bits per heavy atom. The largest absolute Gasteiger partial charge is 0.465 e. The third-order valence-electron chi connectivity index (χ3n) is 4.21. The van der Waals surface area contributed by atoms with E-state index in [0.717, 1.165) is 5.56 Å². The minimum atomic E-state index is -0.269. The summed E-state index contributed by atoms with van der Waals surface area (Å²) in [5.41, 5.74) is 4.08. The van der Waals surface area contributed by atoms with E-state index in [-0.39, 0.29) is 11.9 Å². The van der Waals surface area contributed by atoms with Crippen molar-refractivity contribution in [3.63, 3.8) is 0 Å². The van der Waals surface area contributed by atoms with Crippen molar-refractivity contribution in [2.24, 2.45) is 0 Å². The topological polar surface area (TPSA) is 26.3 Å². The van der Waals surface area contributed by atoms with Crippen LogP contribution in [0.25, 0.3) is 16.3 Å². The first kappa shape index (κ1) is 13.3. The van der Waals surface area contributed by atoms with Crippen LogP contribution in [0, 0.1) is 0 Å². The number of esters is 1. The van der Waals surface area contributed by atoms with Crippen LogP contribution in [0.1, 0.15) is 22.6 Å². The molecule has 3 heteroatoms. The van der Waals surface area contributed by atoms with Crippen LogP contribution in [0.3, 0.4) is 0 Å². The van der Waals surface area contributed by atoms with Crippen LogP contribution in [0.15, 0.2) is 59.3 Å². The molecule has 1 heterocycles. The first-order valence-electron chi connectivity index (χ1n) is 7.14. The van der Waals surface area contributed by atoms with E-state index in [4.69, 9.17) is 4.74 Å². The molecule has 0 saturated heterocycles. The van der Waals surface area contributed by atoms with Crippen molar-refractivity contribution in [1.82, 2.24) is 0 Å². The van der Waals surface area contributed by atoms with Crippen LogP contribution in [-0.2, 0) is 9.53 Å². The van der Waals surface area contributed by atoms with Crippen molar-refractivity contribution in [2.75, 3.05) is 7.11 Å². The zero-order valence-corrected chi connectivity index (χ0v) is 12.9. The second-order valence-electron chi connectivity index (χ2n) is 5.35. The predicted molar refractivity (Wildman–Crippen MR) is 90.1 cm³/mol. The third kappa shape index (κ3) is 1.90. The van der Waals surface area contributed by atoms with Gasteiger partial charge < -0.3 is 4.74 Å². The maximum absolute atomic E-state index is 12.1. The fraction of sp³-hybridized carbons (Fsp3) is 0.105. The molecule has 0 amide bonds. The molecule has 2 aromatic carbocycles. The monoisotopic (exact) mass is 306 g/mol. The maximum Gasteiger partial charge on any atom is 0.338 e. The van der Waals surface area contributed by atoms with Crippen LogP contribution in [0.4, 0.5) is 0 Å². The lowest BCUT2D eigenvalue weighted by molar-refractivity contribution is -0.133. The van der Waals surface area contributed by atoms with E-state index in [2.05, 4.69) is 35.0 Å². The van der Waals surface area contributed by atoms with Crippen LogP contribution in [0.2, 0.25) is 0 Å². The second-order valence-corrected chi connectivity index (χ2v) is 6.13. The highest BCUT2D eigenvalue weighted by Gasteiger charge is 2.30. The summed E-state index contributed by atoms with van der Waals surface area (Å²) >= 11 is 1.68. The average molecular weight is 306 g/mol. The fourth-order valence-electron chi connectivity index (χ4n) is 3.21. The van der Waals surface area contributed by atoms with E-state index in [1.54, 1.807) is 11.3 Å². The molecular weight excluding hydrogens is 292 g/mol. The van der Waals surface area contributed by atoms with Crippen molar-refractivity contribution >= 4 is 33.7 Å². The number of rotatable bonds is 2. The molecule has 1 aliphatic carbocycles. The summed E-state index contributed by atoms with van der Waals surface area (Å²) < 4.78 is 4.96. The molecule has 3 aromatic rings. The molecule has 22 heavy (non-hydrogen) atoms. The minimum Gasteiger partial charge on any atom is -0.465 e. The number of ether oxygens (including phenoxy) is 1. The highest BCUT2D eigenvalue weighted by atomic mass is 32.1. The lowest BCUT2D eigenvalue weighted by Crippen LogP contribution is -2.02. The Kier molecular flexibility index (Phi) is 3.09. The van der Waals surface area contributed by atoms with Gasteiger partial charge in [0.1, 0.15) is 0 Å². The molecule has 108 valence electrons. The summed E-state index contributed by atoms with van der Waals surface area (Å²) in [5.74, 6) is -0.157. The van der Waals surface area contributed by atoms with Gasteiger partial charge in [-0.05, 0) is 44.3 Å². The molecule has 4 rings (SSSR count). The van der Waals surface area contributed by atoms with Gasteiger partial charge in [-0.1, -0.05) is 42.5 Å². The van der Waals surface area contributed by atoms with Gasteiger partial charge in [0.15, 0.2) is 0 Å². The number of allylic oxidation sites excluding steroid dienone is 1. The Hall–Kier alpha value is -2.39. The quantitative estimate of drug-likeness (QED) is 0.647. The molecule has 0 bridgehead atoms. The standard InChI is InChI=1S/C19H14O2S/c1-21-19(20)17-10-16(13-8-9-22-11-13)18-14-5-3-2-4-12(14)6-7-15(17)18/h2-11,16H,1H3. The number of benzene rings is 2. The van der Waals surface area contributed by atoms with Crippen LogP contribution < -0.4 is 0 Å².